The molecule has 0 radical (unpaired) electrons. The fourth-order valence-electron chi connectivity index (χ4n) is 1.53. The standard InChI is InChI=1S/C10H14N2O3/c1-15-10(14)7-3-2-6-12-8(4-5-11)9(7)13/h4-5,7,11-12H,2-3,6H2,1H3/b8-4-,11-5?. The highest BCUT2D eigenvalue weighted by Gasteiger charge is 2.31. The number of hydrogen-bond donors (Lipinski definition) is 2. The van der Waals surface area contributed by atoms with Gasteiger partial charge in [0.2, 0.25) is 0 Å². The van der Waals surface area contributed by atoms with Crippen molar-refractivity contribution in [3.8, 4) is 0 Å². The van der Waals surface area contributed by atoms with Crippen LogP contribution in [0.1, 0.15) is 12.8 Å². The third-order valence-electron chi connectivity index (χ3n) is 2.30. The lowest BCUT2D eigenvalue weighted by Gasteiger charge is -2.10. The van der Waals surface area contributed by atoms with Crippen LogP contribution in [0, 0.1) is 11.3 Å². The van der Waals surface area contributed by atoms with E-state index in [1.807, 2.05) is 0 Å². The lowest BCUT2D eigenvalue weighted by molar-refractivity contribution is -0.148. The quantitative estimate of drug-likeness (QED) is 0.296. The van der Waals surface area contributed by atoms with Gasteiger partial charge in [-0.25, -0.2) is 0 Å². The van der Waals surface area contributed by atoms with Crippen LogP contribution in [0.15, 0.2) is 11.8 Å². The maximum Gasteiger partial charge on any atom is 0.316 e. The number of allylic oxidation sites excluding steroid dienone is 2. The number of methoxy groups -OCH3 is 1. The molecule has 0 aromatic carbocycles. The van der Waals surface area contributed by atoms with Crippen molar-refractivity contribution in [2.75, 3.05) is 13.7 Å². The summed E-state index contributed by atoms with van der Waals surface area (Å²) in [6, 6.07) is 0. The van der Waals surface area contributed by atoms with Crippen molar-refractivity contribution in [1.29, 1.82) is 5.41 Å². The first kappa shape index (κ1) is 11.4. The monoisotopic (exact) mass is 210 g/mol. The normalized spacial score (nSPS) is 24.2. The summed E-state index contributed by atoms with van der Waals surface area (Å²) in [4.78, 5) is 23.1. The van der Waals surface area contributed by atoms with Gasteiger partial charge in [0.25, 0.3) is 0 Å². The highest BCUT2D eigenvalue weighted by molar-refractivity contribution is 6.09. The van der Waals surface area contributed by atoms with Crippen LogP contribution < -0.4 is 5.32 Å². The molecule has 0 bridgehead atoms. The molecule has 1 rings (SSSR count). The van der Waals surface area contributed by atoms with E-state index in [0.29, 0.717) is 18.7 Å². The second-order valence-corrected chi connectivity index (χ2v) is 3.26. The molecule has 1 fully saturated rings. The minimum Gasteiger partial charge on any atom is -0.468 e. The minimum absolute atomic E-state index is 0.289. The van der Waals surface area contributed by atoms with E-state index in [4.69, 9.17) is 5.41 Å². The van der Waals surface area contributed by atoms with Gasteiger partial charge in [0.1, 0.15) is 5.92 Å². The predicted molar refractivity (Wildman–Crippen MR) is 54.6 cm³/mol. The molecule has 0 aromatic rings. The summed E-state index contributed by atoms with van der Waals surface area (Å²) in [5, 5.41) is 9.80. The van der Waals surface area contributed by atoms with Gasteiger partial charge in [-0.1, -0.05) is 0 Å². The second kappa shape index (κ2) is 5.29. The number of hydrogen-bond acceptors (Lipinski definition) is 5. The molecule has 82 valence electrons. The highest BCUT2D eigenvalue weighted by atomic mass is 16.5. The average molecular weight is 210 g/mol. The molecule has 1 unspecified atom stereocenters. The molecule has 5 heteroatoms. The van der Waals surface area contributed by atoms with E-state index in [9.17, 15) is 9.59 Å². The van der Waals surface area contributed by atoms with Gasteiger partial charge in [-0.15, -0.1) is 0 Å². The third-order valence-corrected chi connectivity index (χ3v) is 2.30. The molecule has 5 nitrogen and oxygen atoms in total. The van der Waals surface area contributed by atoms with Crippen LogP contribution in [0.4, 0.5) is 0 Å². The predicted octanol–water partition coefficient (Wildman–Crippen LogP) is 0.262. The van der Waals surface area contributed by atoms with Crippen LogP contribution in [0.2, 0.25) is 0 Å². The molecule has 15 heavy (non-hydrogen) atoms. The molecule has 2 N–H and O–H groups in total. The van der Waals surface area contributed by atoms with Crippen molar-refractivity contribution in [3.05, 3.63) is 11.8 Å². The van der Waals surface area contributed by atoms with Crippen LogP contribution in [0.5, 0.6) is 0 Å². The SMILES string of the molecule is COC(=O)C1CCCN/C(=C\C=N)C1=O. The Morgan fingerprint density at radius 3 is 3.00 bits per heavy atom. The lowest BCUT2D eigenvalue weighted by Crippen LogP contribution is -2.28. The fourth-order valence-corrected chi connectivity index (χ4v) is 1.53. The van der Waals surface area contributed by atoms with Crippen molar-refractivity contribution in [2.24, 2.45) is 5.92 Å². The Morgan fingerprint density at radius 1 is 1.67 bits per heavy atom. The second-order valence-electron chi connectivity index (χ2n) is 3.26. The molecule has 0 amide bonds. The molecule has 0 spiro atoms. The largest absolute Gasteiger partial charge is 0.468 e. The molecule has 1 atom stereocenters. The van der Waals surface area contributed by atoms with Gasteiger partial charge in [-0.05, 0) is 18.9 Å². The van der Waals surface area contributed by atoms with Crippen molar-refractivity contribution in [3.63, 3.8) is 0 Å². The molecular weight excluding hydrogens is 196 g/mol. The third kappa shape index (κ3) is 2.65. The van der Waals surface area contributed by atoms with Crippen molar-refractivity contribution in [2.45, 2.75) is 12.8 Å². The van der Waals surface area contributed by atoms with E-state index in [1.165, 1.54) is 13.2 Å². The summed E-state index contributed by atoms with van der Waals surface area (Å²) in [6.07, 6.45) is 3.62. The van der Waals surface area contributed by atoms with Gasteiger partial charge in [-0.3, -0.25) is 9.59 Å². The Bertz CT molecular complexity index is 310. The van der Waals surface area contributed by atoms with Crippen LogP contribution in [-0.4, -0.2) is 31.6 Å². The summed E-state index contributed by atoms with van der Waals surface area (Å²) in [6.45, 7) is 0.638. The molecule has 1 aliphatic rings. The first-order valence-electron chi connectivity index (χ1n) is 4.77. The van der Waals surface area contributed by atoms with Gasteiger partial charge in [0.15, 0.2) is 5.78 Å². The van der Waals surface area contributed by atoms with Gasteiger partial charge >= 0.3 is 5.97 Å². The first-order valence-corrected chi connectivity index (χ1v) is 4.77. The van der Waals surface area contributed by atoms with Gasteiger partial charge in [-0.2, -0.15) is 0 Å². The lowest BCUT2D eigenvalue weighted by atomic mass is 9.98. The molecule has 1 saturated heterocycles. The Hall–Kier alpha value is -1.65. The smallest absolute Gasteiger partial charge is 0.316 e. The Labute approximate surface area is 88.0 Å². The number of rotatable bonds is 2. The Balaban J connectivity index is 2.89. The molecule has 0 aliphatic carbocycles. The van der Waals surface area contributed by atoms with Crippen LogP contribution in [-0.2, 0) is 14.3 Å². The number of carbonyl (C=O) groups is 2. The van der Waals surface area contributed by atoms with Crippen molar-refractivity contribution >= 4 is 18.0 Å². The zero-order valence-electron chi connectivity index (χ0n) is 8.58. The Morgan fingerprint density at radius 2 is 2.40 bits per heavy atom. The number of nitrogens with one attached hydrogen (secondary N) is 2. The highest BCUT2D eigenvalue weighted by Crippen LogP contribution is 2.16. The summed E-state index contributed by atoms with van der Waals surface area (Å²) in [5.41, 5.74) is 0.318. The molecule has 0 aromatic heterocycles. The number of ketones is 1. The van der Waals surface area contributed by atoms with Crippen LogP contribution in [0.25, 0.3) is 0 Å². The minimum atomic E-state index is -0.726. The molecular formula is C10H14N2O3. The van der Waals surface area contributed by atoms with Crippen LogP contribution in [0.3, 0.4) is 0 Å². The van der Waals surface area contributed by atoms with E-state index in [1.54, 1.807) is 0 Å². The van der Waals surface area contributed by atoms with Gasteiger partial charge in [0.05, 0.1) is 12.8 Å². The number of esters is 1. The summed E-state index contributed by atoms with van der Waals surface area (Å²) >= 11 is 0. The van der Waals surface area contributed by atoms with E-state index in [2.05, 4.69) is 10.1 Å². The fraction of sp³-hybridized carbons (Fsp3) is 0.500. The van der Waals surface area contributed by atoms with E-state index < -0.39 is 11.9 Å². The van der Waals surface area contributed by atoms with Crippen LogP contribution >= 0.6 is 0 Å². The summed E-state index contributed by atoms with van der Waals surface area (Å²) < 4.78 is 4.57. The van der Waals surface area contributed by atoms with Crippen molar-refractivity contribution in [1.82, 2.24) is 5.32 Å². The summed E-state index contributed by atoms with van der Waals surface area (Å²) in [5.74, 6) is -1.52. The maximum atomic E-state index is 11.8. The first-order chi connectivity index (χ1) is 7.20. The van der Waals surface area contributed by atoms with E-state index >= 15 is 0 Å². The number of Topliss-reactive ketones (excluding diaryl/α,β-unsaturated/α-hetero) is 1. The van der Waals surface area contributed by atoms with Crippen molar-refractivity contribution < 1.29 is 14.3 Å². The van der Waals surface area contributed by atoms with Gasteiger partial charge < -0.3 is 15.5 Å². The van der Waals surface area contributed by atoms with Gasteiger partial charge in [0, 0.05) is 12.8 Å². The van der Waals surface area contributed by atoms with E-state index in [-0.39, 0.29) is 5.78 Å². The Kier molecular flexibility index (Phi) is 4.03. The molecule has 0 saturated carbocycles. The number of ether oxygens (including phenoxy) is 1. The maximum absolute atomic E-state index is 11.8. The number of carbonyl (C=O) groups excluding carboxylic acids is 2. The molecule has 1 aliphatic heterocycles. The summed E-state index contributed by atoms with van der Waals surface area (Å²) in [7, 11) is 1.27. The molecule has 1 heterocycles. The average Bonchev–Trinajstić information content (AvgIpc) is 2.42. The zero-order chi connectivity index (χ0) is 11.3. The van der Waals surface area contributed by atoms with E-state index in [0.717, 1.165) is 12.6 Å². The topological polar surface area (TPSA) is 79.2 Å². The zero-order valence-corrected chi connectivity index (χ0v) is 8.58.